The quantitative estimate of drug-likeness (QED) is 0.500. The molecule has 0 radical (unpaired) electrons. The van der Waals surface area contributed by atoms with Crippen molar-refractivity contribution in [2.45, 2.75) is 24.8 Å². The van der Waals surface area contributed by atoms with Crippen molar-refractivity contribution >= 4 is 11.8 Å². The van der Waals surface area contributed by atoms with Crippen molar-refractivity contribution in [3.05, 3.63) is 65.5 Å². The molecule has 0 aliphatic rings. The van der Waals surface area contributed by atoms with Crippen molar-refractivity contribution in [3.8, 4) is 17.1 Å². The fourth-order valence-corrected chi connectivity index (χ4v) is 3.27. The Bertz CT molecular complexity index is 1040. The van der Waals surface area contributed by atoms with Crippen LogP contribution in [0.15, 0.2) is 58.1 Å². The lowest BCUT2D eigenvalue weighted by atomic mass is 10.1. The molecular weight excluding hydrogens is 348 g/mol. The first kappa shape index (κ1) is 16.5. The molecule has 2 aromatic carbocycles. The highest BCUT2D eigenvalue weighted by molar-refractivity contribution is 7.98. The van der Waals surface area contributed by atoms with E-state index < -0.39 is 0 Å². The molecule has 0 N–H and O–H groups in total. The van der Waals surface area contributed by atoms with Crippen LogP contribution in [-0.2, 0) is 5.75 Å². The monoisotopic (exact) mass is 364 g/mol. The summed E-state index contributed by atoms with van der Waals surface area (Å²) in [6.45, 7) is 4.06. The predicted molar refractivity (Wildman–Crippen MR) is 97.9 cm³/mol. The normalized spacial score (nSPS) is 11.0. The highest BCUT2D eigenvalue weighted by atomic mass is 32.2. The number of hydrogen-bond donors (Lipinski definition) is 0. The minimum Gasteiger partial charge on any atom is -0.420 e. The van der Waals surface area contributed by atoms with Crippen molar-refractivity contribution in [1.29, 1.82) is 0 Å². The maximum atomic E-state index is 5.77. The second-order valence-corrected chi connectivity index (χ2v) is 6.76. The van der Waals surface area contributed by atoms with Crippen molar-refractivity contribution in [3.63, 3.8) is 0 Å². The van der Waals surface area contributed by atoms with Gasteiger partial charge >= 0.3 is 0 Å². The molecule has 0 bridgehead atoms. The maximum Gasteiger partial charge on any atom is 0.247 e. The Morgan fingerprint density at radius 2 is 1.88 bits per heavy atom. The zero-order valence-electron chi connectivity index (χ0n) is 14.3. The van der Waals surface area contributed by atoms with Crippen LogP contribution in [0.5, 0.6) is 0 Å². The molecule has 8 heteroatoms. The molecule has 0 saturated carbocycles. The second-order valence-electron chi connectivity index (χ2n) is 5.82. The molecule has 0 amide bonds. The third-order valence-electron chi connectivity index (χ3n) is 3.84. The van der Waals surface area contributed by atoms with Crippen molar-refractivity contribution in [2.75, 3.05) is 0 Å². The summed E-state index contributed by atoms with van der Waals surface area (Å²) in [4.78, 5) is 0. The molecular formula is C18H16N6OS. The summed E-state index contributed by atoms with van der Waals surface area (Å²) in [6, 6.07) is 15.9. The van der Waals surface area contributed by atoms with Crippen LogP contribution in [0.3, 0.4) is 0 Å². The Kier molecular flexibility index (Phi) is 4.49. The first-order chi connectivity index (χ1) is 12.7. The average molecular weight is 364 g/mol. The van der Waals surface area contributed by atoms with Crippen molar-refractivity contribution in [1.82, 2.24) is 30.4 Å². The molecule has 2 aromatic heterocycles. The summed E-state index contributed by atoms with van der Waals surface area (Å²) in [5.41, 5.74) is 4.11. The van der Waals surface area contributed by atoms with Gasteiger partial charge in [0.1, 0.15) is 0 Å². The lowest BCUT2D eigenvalue weighted by Crippen LogP contribution is -2.01. The molecule has 0 unspecified atom stereocenters. The van der Waals surface area contributed by atoms with E-state index in [1.807, 2.05) is 62.4 Å². The lowest BCUT2D eigenvalue weighted by molar-refractivity contribution is 0.528. The lowest BCUT2D eigenvalue weighted by Gasteiger charge is -2.06. The molecule has 4 rings (SSSR count). The summed E-state index contributed by atoms with van der Waals surface area (Å²) in [5.74, 6) is 1.54. The number of aromatic nitrogens is 6. The fraction of sp³-hybridized carbons (Fsp3) is 0.167. The van der Waals surface area contributed by atoms with Gasteiger partial charge < -0.3 is 4.42 Å². The Labute approximate surface area is 154 Å². The summed E-state index contributed by atoms with van der Waals surface area (Å²) in [7, 11) is 0. The predicted octanol–water partition coefficient (Wildman–Crippen LogP) is 3.62. The van der Waals surface area contributed by atoms with E-state index in [9.17, 15) is 0 Å². The van der Waals surface area contributed by atoms with Crippen LogP contribution in [0.2, 0.25) is 0 Å². The van der Waals surface area contributed by atoms with Crippen LogP contribution >= 0.6 is 11.8 Å². The van der Waals surface area contributed by atoms with E-state index in [0.717, 1.165) is 22.4 Å². The maximum absolute atomic E-state index is 5.77. The van der Waals surface area contributed by atoms with Gasteiger partial charge in [-0.2, -0.15) is 4.68 Å². The molecule has 26 heavy (non-hydrogen) atoms. The Morgan fingerprint density at radius 1 is 1.00 bits per heavy atom. The van der Waals surface area contributed by atoms with Gasteiger partial charge in [0.15, 0.2) is 0 Å². The largest absolute Gasteiger partial charge is 0.420 e. The molecule has 4 aromatic rings. The number of rotatable bonds is 5. The summed E-state index contributed by atoms with van der Waals surface area (Å²) >= 11 is 1.45. The van der Waals surface area contributed by atoms with Gasteiger partial charge in [0.25, 0.3) is 0 Å². The summed E-state index contributed by atoms with van der Waals surface area (Å²) in [5, 5.41) is 20.9. The number of tetrazole rings is 1. The first-order valence-electron chi connectivity index (χ1n) is 8.07. The van der Waals surface area contributed by atoms with Crippen LogP contribution in [0.25, 0.3) is 17.1 Å². The minimum atomic E-state index is 0.491. The molecule has 0 spiro atoms. The van der Waals surface area contributed by atoms with Crippen LogP contribution in [-0.4, -0.2) is 30.4 Å². The van der Waals surface area contributed by atoms with E-state index in [-0.39, 0.29) is 0 Å². The Balaban J connectivity index is 1.51. The highest BCUT2D eigenvalue weighted by Crippen LogP contribution is 2.25. The van der Waals surface area contributed by atoms with E-state index in [1.54, 1.807) is 4.68 Å². The number of thioether (sulfide) groups is 1. The molecule has 7 nitrogen and oxygen atoms in total. The Morgan fingerprint density at radius 3 is 2.73 bits per heavy atom. The standard InChI is InChI=1S/C18H16N6OS/c1-12-6-5-8-14(10-12)17-20-19-16(25-17)11-26-18-21-22-23-24(18)15-9-4-3-7-13(15)2/h3-10H,11H2,1-2H3. The van der Waals surface area contributed by atoms with E-state index in [2.05, 4.69) is 25.7 Å². The van der Waals surface area contributed by atoms with Gasteiger partial charge in [-0.3, -0.25) is 0 Å². The molecule has 130 valence electrons. The van der Waals surface area contributed by atoms with Gasteiger partial charge in [-0.05, 0) is 48.0 Å². The second kappa shape index (κ2) is 7.09. The highest BCUT2D eigenvalue weighted by Gasteiger charge is 2.14. The van der Waals surface area contributed by atoms with Gasteiger partial charge in [-0.1, -0.05) is 47.7 Å². The minimum absolute atomic E-state index is 0.491. The third kappa shape index (κ3) is 3.36. The van der Waals surface area contributed by atoms with Gasteiger partial charge in [-0.15, -0.1) is 15.3 Å². The van der Waals surface area contributed by atoms with Gasteiger partial charge in [0.05, 0.1) is 11.4 Å². The molecule has 0 atom stereocenters. The number of benzene rings is 2. The third-order valence-corrected chi connectivity index (χ3v) is 4.75. The van der Waals surface area contributed by atoms with E-state index in [1.165, 1.54) is 11.8 Å². The van der Waals surface area contributed by atoms with Crippen LogP contribution in [0, 0.1) is 13.8 Å². The van der Waals surface area contributed by atoms with Crippen LogP contribution in [0.1, 0.15) is 17.0 Å². The molecule has 0 aliphatic heterocycles. The van der Waals surface area contributed by atoms with E-state index in [4.69, 9.17) is 4.42 Å². The van der Waals surface area contributed by atoms with Crippen LogP contribution < -0.4 is 0 Å². The first-order valence-corrected chi connectivity index (χ1v) is 9.06. The smallest absolute Gasteiger partial charge is 0.247 e. The number of hydrogen-bond acceptors (Lipinski definition) is 7. The zero-order valence-corrected chi connectivity index (χ0v) is 15.1. The number of aryl methyl sites for hydroxylation is 2. The van der Waals surface area contributed by atoms with Gasteiger partial charge in [0, 0.05) is 5.56 Å². The molecule has 0 fully saturated rings. The topological polar surface area (TPSA) is 82.5 Å². The SMILES string of the molecule is Cc1cccc(-c2nnc(CSc3nnnn3-c3ccccc3C)o2)c1. The van der Waals surface area contributed by atoms with Crippen LogP contribution in [0.4, 0.5) is 0 Å². The van der Waals surface area contributed by atoms with Crippen molar-refractivity contribution in [2.24, 2.45) is 0 Å². The number of nitrogens with zero attached hydrogens (tertiary/aromatic N) is 6. The Hall–Kier alpha value is -3.00. The fourth-order valence-electron chi connectivity index (χ4n) is 2.55. The van der Waals surface area contributed by atoms with Gasteiger partial charge in [-0.25, -0.2) is 0 Å². The molecule has 2 heterocycles. The zero-order chi connectivity index (χ0) is 17.9. The van der Waals surface area contributed by atoms with Gasteiger partial charge in [0.2, 0.25) is 16.9 Å². The van der Waals surface area contributed by atoms with E-state index >= 15 is 0 Å². The molecule has 0 aliphatic carbocycles. The summed E-state index contributed by atoms with van der Waals surface area (Å²) in [6.07, 6.45) is 0. The van der Waals surface area contributed by atoms with E-state index in [0.29, 0.717) is 22.7 Å². The van der Waals surface area contributed by atoms with Crippen molar-refractivity contribution < 1.29 is 4.42 Å². The number of para-hydroxylation sites is 1. The molecule has 0 saturated heterocycles. The summed E-state index contributed by atoms with van der Waals surface area (Å²) < 4.78 is 7.49. The average Bonchev–Trinajstić information content (AvgIpc) is 3.30.